The second kappa shape index (κ2) is 6.22. The van der Waals surface area contributed by atoms with E-state index >= 15 is 0 Å². The second-order valence-electron chi connectivity index (χ2n) is 5.05. The highest BCUT2D eigenvalue weighted by Crippen LogP contribution is 2.39. The predicted octanol–water partition coefficient (Wildman–Crippen LogP) is 1.12. The lowest BCUT2D eigenvalue weighted by Crippen LogP contribution is -2.43. The first-order valence-electron chi connectivity index (χ1n) is 5.98. The molecule has 0 bridgehead atoms. The Morgan fingerprint density at radius 1 is 1.58 bits per heavy atom. The lowest BCUT2D eigenvalue weighted by Gasteiger charge is -2.25. The molecule has 9 heteroatoms. The van der Waals surface area contributed by atoms with Crippen LogP contribution in [0, 0.1) is 0 Å². The van der Waals surface area contributed by atoms with Crippen molar-refractivity contribution < 1.29 is 24.3 Å². The van der Waals surface area contributed by atoms with Crippen molar-refractivity contribution in [3.63, 3.8) is 0 Å². The number of hydrogen-bond acceptors (Lipinski definition) is 6. The summed E-state index contributed by atoms with van der Waals surface area (Å²) in [6.45, 7) is 4.70. The van der Waals surface area contributed by atoms with Gasteiger partial charge in [0.05, 0.1) is 19.0 Å². The van der Waals surface area contributed by atoms with Crippen LogP contribution in [-0.4, -0.2) is 60.5 Å². The Kier molecular flexibility index (Phi) is 5.38. The van der Waals surface area contributed by atoms with E-state index in [0.29, 0.717) is 0 Å². The molecule has 0 aromatic carbocycles. The molecule has 1 saturated heterocycles. The maximum absolute atomic E-state index is 11.6. The predicted molar refractivity (Wildman–Crippen MR) is 69.3 cm³/mol. The zero-order chi connectivity index (χ0) is 14.7. The molecule has 2 N–H and O–H groups in total. The summed E-state index contributed by atoms with van der Waals surface area (Å²) < 4.78 is 22.4. The third kappa shape index (κ3) is 4.18. The van der Waals surface area contributed by atoms with E-state index in [0.717, 1.165) is 0 Å². The molecular formula is C10H20N3O5P. The van der Waals surface area contributed by atoms with Crippen LogP contribution < -0.4 is 0 Å². The number of aliphatic hydroxyl groups excluding tert-OH is 1. The summed E-state index contributed by atoms with van der Waals surface area (Å²) in [5.41, 5.74) is 8.32. The van der Waals surface area contributed by atoms with Crippen LogP contribution in [0.3, 0.4) is 0 Å². The van der Waals surface area contributed by atoms with Gasteiger partial charge in [-0.2, -0.15) is 0 Å². The van der Waals surface area contributed by atoms with Gasteiger partial charge < -0.3 is 24.3 Å². The highest BCUT2D eigenvalue weighted by molar-refractivity contribution is 7.62. The van der Waals surface area contributed by atoms with Gasteiger partial charge in [-0.1, -0.05) is 12.0 Å². The molecule has 0 unspecified atom stereocenters. The zero-order valence-electron chi connectivity index (χ0n) is 11.3. The van der Waals surface area contributed by atoms with Crippen LogP contribution in [0.25, 0.3) is 10.4 Å². The van der Waals surface area contributed by atoms with Crippen LogP contribution in [0.1, 0.15) is 13.3 Å². The van der Waals surface area contributed by atoms with E-state index in [1.165, 1.54) is 0 Å². The maximum Gasteiger partial charge on any atom is 0.194 e. The van der Waals surface area contributed by atoms with Gasteiger partial charge in [-0.3, -0.25) is 0 Å². The molecule has 1 rings (SSSR count). The number of hydrogen-bond donors (Lipinski definition) is 2. The molecule has 1 heterocycles. The van der Waals surface area contributed by atoms with Crippen molar-refractivity contribution >= 4 is 7.14 Å². The topological polar surface area (TPSA) is 125 Å². The van der Waals surface area contributed by atoms with Crippen LogP contribution in [0.15, 0.2) is 5.11 Å². The zero-order valence-corrected chi connectivity index (χ0v) is 12.2. The molecule has 1 aliphatic rings. The summed E-state index contributed by atoms with van der Waals surface area (Å²) in [4.78, 5) is 2.61. The van der Waals surface area contributed by atoms with E-state index in [1.54, 1.807) is 20.3 Å². The first-order valence-corrected chi connectivity index (χ1v) is 8.77. The Balaban J connectivity index is 2.82. The fourth-order valence-electron chi connectivity index (χ4n) is 1.87. The smallest absolute Gasteiger partial charge is 0.194 e. The molecule has 0 amide bonds. The van der Waals surface area contributed by atoms with Crippen LogP contribution in [0.2, 0.25) is 0 Å². The molecule has 0 aromatic rings. The van der Waals surface area contributed by atoms with E-state index in [4.69, 9.17) is 15.0 Å². The third-order valence-electron chi connectivity index (χ3n) is 2.90. The average Bonchev–Trinajstić information content (AvgIpc) is 2.57. The highest BCUT2D eigenvalue weighted by atomic mass is 31.2. The van der Waals surface area contributed by atoms with E-state index in [-0.39, 0.29) is 19.3 Å². The van der Waals surface area contributed by atoms with Gasteiger partial charge in [-0.05, 0) is 18.9 Å². The fraction of sp³-hybridized carbons (Fsp3) is 1.00. The monoisotopic (exact) mass is 293 g/mol. The molecule has 0 saturated carbocycles. The first kappa shape index (κ1) is 16.4. The summed E-state index contributed by atoms with van der Waals surface area (Å²) in [6.07, 6.45) is -2.78. The summed E-state index contributed by atoms with van der Waals surface area (Å²) in [6, 6.07) is 0. The van der Waals surface area contributed by atoms with E-state index < -0.39 is 31.2 Å². The Morgan fingerprint density at radius 3 is 2.68 bits per heavy atom. The number of azide groups is 1. The minimum Gasteiger partial charge on any atom is -0.385 e. The average molecular weight is 293 g/mol. The first-order chi connectivity index (χ1) is 8.73. The molecule has 0 aliphatic carbocycles. The lowest BCUT2D eigenvalue weighted by molar-refractivity contribution is -0.227. The van der Waals surface area contributed by atoms with Gasteiger partial charge in [0.25, 0.3) is 0 Å². The largest absolute Gasteiger partial charge is 0.385 e. The van der Waals surface area contributed by atoms with Crippen molar-refractivity contribution in [3.8, 4) is 0 Å². The summed E-state index contributed by atoms with van der Waals surface area (Å²) in [5.74, 6) is -1.73. The molecule has 8 nitrogen and oxygen atoms in total. The second-order valence-corrected chi connectivity index (χ2v) is 8.45. The number of nitrogens with zero attached hydrogens (tertiary/aromatic N) is 3. The quantitative estimate of drug-likeness (QED) is 0.328. The van der Waals surface area contributed by atoms with E-state index in [1.807, 2.05) is 0 Å². The van der Waals surface area contributed by atoms with Crippen LogP contribution in [0.5, 0.6) is 0 Å². The van der Waals surface area contributed by atoms with Gasteiger partial charge in [0.1, 0.15) is 19.3 Å². The van der Waals surface area contributed by atoms with Crippen molar-refractivity contribution in [1.29, 1.82) is 0 Å². The molecule has 1 aliphatic heterocycles. The Hall–Kier alpha value is -0.620. The lowest BCUT2D eigenvalue weighted by atomic mass is 10.0. The van der Waals surface area contributed by atoms with Crippen molar-refractivity contribution in [2.24, 2.45) is 5.11 Å². The molecule has 4 atom stereocenters. The minimum absolute atomic E-state index is 0.0371. The molecule has 110 valence electrons. The number of aliphatic hydroxyl groups is 2. The summed E-state index contributed by atoms with van der Waals surface area (Å²) in [7, 11) is -2.42. The van der Waals surface area contributed by atoms with Crippen molar-refractivity contribution in [3.05, 3.63) is 10.4 Å². The van der Waals surface area contributed by atoms with Crippen LogP contribution in [-0.2, 0) is 14.0 Å². The normalized spacial score (nSPS) is 35.1. The maximum atomic E-state index is 11.6. The standard InChI is InChI=1S/C10H20N3O5P/c1-4-10(15)9(14)8(17-6-19(2,3)16)7(18-10)5-12-13-11/h7-9,14-15H,4-6H2,1-3H3/t7-,8+,9-,10+/m0/s1. The summed E-state index contributed by atoms with van der Waals surface area (Å²) in [5, 5.41) is 23.5. The van der Waals surface area contributed by atoms with Gasteiger partial charge in [0.15, 0.2) is 5.79 Å². The summed E-state index contributed by atoms with van der Waals surface area (Å²) >= 11 is 0. The van der Waals surface area contributed by atoms with Crippen molar-refractivity contribution in [2.45, 2.75) is 37.4 Å². The van der Waals surface area contributed by atoms with E-state index in [2.05, 4.69) is 10.0 Å². The van der Waals surface area contributed by atoms with Gasteiger partial charge in [-0.25, -0.2) is 0 Å². The SMILES string of the molecule is CC[C@@]1(O)O[C@@H](CN=[N+]=[N-])[C@@H](OCP(C)(C)=O)[C@@H]1O. The van der Waals surface area contributed by atoms with Gasteiger partial charge in [0.2, 0.25) is 0 Å². The Morgan fingerprint density at radius 2 is 2.21 bits per heavy atom. The fourth-order valence-corrected chi connectivity index (χ4v) is 2.40. The molecule has 19 heavy (non-hydrogen) atoms. The van der Waals surface area contributed by atoms with Crippen molar-refractivity contribution in [2.75, 3.05) is 26.2 Å². The highest BCUT2D eigenvalue weighted by Gasteiger charge is 2.53. The van der Waals surface area contributed by atoms with Gasteiger partial charge in [-0.15, -0.1) is 0 Å². The third-order valence-corrected chi connectivity index (χ3v) is 3.68. The van der Waals surface area contributed by atoms with Crippen molar-refractivity contribution in [1.82, 2.24) is 0 Å². The Bertz CT molecular complexity index is 408. The van der Waals surface area contributed by atoms with Gasteiger partial charge in [0, 0.05) is 11.3 Å². The molecular weight excluding hydrogens is 273 g/mol. The molecule has 0 aromatic heterocycles. The van der Waals surface area contributed by atoms with Crippen LogP contribution in [0.4, 0.5) is 0 Å². The van der Waals surface area contributed by atoms with Gasteiger partial charge >= 0.3 is 0 Å². The number of ether oxygens (including phenoxy) is 2. The molecule has 0 spiro atoms. The van der Waals surface area contributed by atoms with Crippen LogP contribution >= 0.6 is 7.14 Å². The number of rotatable bonds is 6. The molecule has 1 fully saturated rings. The minimum atomic E-state index is -2.42. The van der Waals surface area contributed by atoms with E-state index in [9.17, 15) is 14.8 Å². The molecule has 0 radical (unpaired) electrons. The Labute approximate surface area is 111 Å².